The smallest absolute Gasteiger partial charge is 0.223 e. The highest BCUT2D eigenvalue weighted by molar-refractivity contribution is 5.31. The minimum Gasteiger partial charge on any atom is -0.503 e. The molecule has 0 amide bonds. The monoisotopic (exact) mass is 211 g/mol. The second-order valence-corrected chi connectivity index (χ2v) is 3.58. The van der Waals surface area contributed by atoms with Crippen LogP contribution >= 0.6 is 0 Å². The van der Waals surface area contributed by atoms with Crippen LogP contribution in [0.2, 0.25) is 0 Å². The first-order valence-electron chi connectivity index (χ1n) is 4.95. The van der Waals surface area contributed by atoms with Crippen LogP contribution in [0.1, 0.15) is 30.8 Å². The van der Waals surface area contributed by atoms with Gasteiger partial charge in [-0.15, -0.1) is 0 Å². The zero-order chi connectivity index (χ0) is 11.6. The number of pyridine rings is 1. The van der Waals surface area contributed by atoms with Gasteiger partial charge in [0.2, 0.25) is 5.43 Å². The van der Waals surface area contributed by atoms with E-state index in [1.54, 1.807) is 11.7 Å². The summed E-state index contributed by atoms with van der Waals surface area (Å²) in [6, 6.07) is 1.42. The third-order valence-corrected chi connectivity index (χ3v) is 2.67. The minimum absolute atomic E-state index is 0.211. The molecule has 1 N–H and O–H groups in total. The predicted octanol–water partition coefficient (Wildman–Crippen LogP) is 1.50. The fraction of sp³-hybridized carbons (Fsp3) is 0.545. The molecule has 0 unspecified atom stereocenters. The average molecular weight is 211 g/mol. The molecule has 1 rings (SSSR count). The van der Waals surface area contributed by atoms with Gasteiger partial charge in [0.25, 0.3) is 0 Å². The molecule has 0 aromatic carbocycles. The van der Waals surface area contributed by atoms with E-state index in [1.807, 2.05) is 20.9 Å². The van der Waals surface area contributed by atoms with Crippen molar-refractivity contribution in [2.75, 3.05) is 7.11 Å². The van der Waals surface area contributed by atoms with Crippen molar-refractivity contribution in [2.45, 2.75) is 26.4 Å². The molecule has 1 aromatic rings. The largest absolute Gasteiger partial charge is 0.503 e. The van der Waals surface area contributed by atoms with Gasteiger partial charge in [-0.1, -0.05) is 6.92 Å². The van der Waals surface area contributed by atoms with Crippen LogP contribution < -0.4 is 5.43 Å². The SMILES string of the molecule is CC[C@H](OC)c1c(O)c(=O)cc(C)n1C. The summed E-state index contributed by atoms with van der Waals surface area (Å²) in [4.78, 5) is 11.4. The van der Waals surface area contributed by atoms with Gasteiger partial charge in [-0.25, -0.2) is 0 Å². The highest BCUT2D eigenvalue weighted by Gasteiger charge is 2.18. The lowest BCUT2D eigenvalue weighted by atomic mass is 10.1. The van der Waals surface area contributed by atoms with E-state index in [2.05, 4.69) is 0 Å². The van der Waals surface area contributed by atoms with E-state index in [1.165, 1.54) is 6.07 Å². The fourth-order valence-corrected chi connectivity index (χ4v) is 1.67. The first-order valence-corrected chi connectivity index (χ1v) is 4.95. The molecule has 15 heavy (non-hydrogen) atoms. The third kappa shape index (κ3) is 2.04. The number of hydrogen-bond donors (Lipinski definition) is 1. The van der Waals surface area contributed by atoms with Crippen molar-refractivity contribution in [2.24, 2.45) is 7.05 Å². The molecule has 1 atom stereocenters. The minimum atomic E-state index is -0.351. The number of rotatable bonds is 3. The summed E-state index contributed by atoms with van der Waals surface area (Å²) < 4.78 is 7.02. The standard InChI is InChI=1S/C11H17NO3/c1-5-9(15-4)10-11(14)8(13)6-7(2)12(10)3/h6,9,14H,5H2,1-4H3/t9-/m0/s1. The Hall–Kier alpha value is -1.29. The Morgan fingerprint density at radius 1 is 1.60 bits per heavy atom. The maximum Gasteiger partial charge on any atom is 0.223 e. The lowest BCUT2D eigenvalue weighted by Crippen LogP contribution is -2.17. The summed E-state index contributed by atoms with van der Waals surface area (Å²) in [7, 11) is 3.38. The molecule has 0 aliphatic heterocycles. The van der Waals surface area contributed by atoms with Gasteiger partial charge in [0, 0.05) is 25.9 Å². The van der Waals surface area contributed by atoms with E-state index in [4.69, 9.17) is 4.74 Å². The normalized spacial score (nSPS) is 12.8. The summed E-state index contributed by atoms with van der Waals surface area (Å²) in [5.74, 6) is -0.211. The van der Waals surface area contributed by atoms with Gasteiger partial charge in [0.1, 0.15) is 6.10 Å². The van der Waals surface area contributed by atoms with E-state index in [-0.39, 0.29) is 17.3 Å². The quantitative estimate of drug-likeness (QED) is 0.824. The van der Waals surface area contributed by atoms with Crippen molar-refractivity contribution in [1.29, 1.82) is 0 Å². The fourth-order valence-electron chi connectivity index (χ4n) is 1.67. The highest BCUT2D eigenvalue weighted by Crippen LogP contribution is 2.26. The molecule has 0 spiro atoms. The molecule has 84 valence electrons. The van der Waals surface area contributed by atoms with Crippen molar-refractivity contribution in [3.8, 4) is 5.75 Å². The van der Waals surface area contributed by atoms with Crippen molar-refractivity contribution in [3.63, 3.8) is 0 Å². The van der Waals surface area contributed by atoms with Crippen LogP contribution in [-0.4, -0.2) is 16.8 Å². The zero-order valence-corrected chi connectivity index (χ0v) is 9.57. The summed E-state index contributed by atoms with van der Waals surface area (Å²) in [5.41, 5.74) is 1.00. The number of nitrogens with zero attached hydrogens (tertiary/aromatic N) is 1. The molecule has 1 heterocycles. The zero-order valence-electron chi connectivity index (χ0n) is 9.57. The number of ether oxygens (including phenoxy) is 1. The molecule has 0 saturated carbocycles. The van der Waals surface area contributed by atoms with Crippen LogP contribution in [-0.2, 0) is 11.8 Å². The van der Waals surface area contributed by atoms with Crippen LogP contribution in [0.5, 0.6) is 5.75 Å². The molecule has 0 aliphatic carbocycles. The summed E-state index contributed by atoms with van der Waals surface area (Å²) in [6.45, 7) is 3.77. The van der Waals surface area contributed by atoms with Gasteiger partial charge in [-0.3, -0.25) is 4.79 Å². The van der Waals surface area contributed by atoms with Crippen LogP contribution in [0.25, 0.3) is 0 Å². The second-order valence-electron chi connectivity index (χ2n) is 3.58. The molecule has 4 heteroatoms. The number of aryl methyl sites for hydroxylation is 1. The van der Waals surface area contributed by atoms with Crippen molar-refractivity contribution < 1.29 is 9.84 Å². The average Bonchev–Trinajstić information content (AvgIpc) is 2.21. The first-order chi connectivity index (χ1) is 7.02. The molecule has 0 aliphatic rings. The van der Waals surface area contributed by atoms with Gasteiger partial charge in [0.15, 0.2) is 5.75 Å². The summed E-state index contributed by atoms with van der Waals surface area (Å²) in [5, 5.41) is 9.72. The van der Waals surface area contributed by atoms with E-state index >= 15 is 0 Å². The highest BCUT2D eigenvalue weighted by atomic mass is 16.5. The Labute approximate surface area is 89.1 Å². The molecule has 4 nitrogen and oxygen atoms in total. The Morgan fingerprint density at radius 2 is 2.20 bits per heavy atom. The van der Waals surface area contributed by atoms with Crippen LogP contribution in [0.3, 0.4) is 0 Å². The second kappa shape index (κ2) is 4.49. The van der Waals surface area contributed by atoms with Crippen LogP contribution in [0.15, 0.2) is 10.9 Å². The lowest BCUT2D eigenvalue weighted by Gasteiger charge is -2.20. The maximum absolute atomic E-state index is 11.4. The lowest BCUT2D eigenvalue weighted by molar-refractivity contribution is 0.0904. The molecular formula is C11H17NO3. The predicted molar refractivity (Wildman–Crippen MR) is 58.1 cm³/mol. The van der Waals surface area contributed by atoms with Crippen molar-refractivity contribution >= 4 is 0 Å². The van der Waals surface area contributed by atoms with Crippen molar-refractivity contribution in [1.82, 2.24) is 4.57 Å². The first kappa shape index (κ1) is 11.8. The Kier molecular flexibility index (Phi) is 3.52. The topological polar surface area (TPSA) is 51.5 Å². The number of aromatic hydroxyl groups is 1. The number of methoxy groups -OCH3 is 1. The van der Waals surface area contributed by atoms with Gasteiger partial charge >= 0.3 is 0 Å². The van der Waals surface area contributed by atoms with Crippen LogP contribution in [0.4, 0.5) is 0 Å². The number of hydrogen-bond acceptors (Lipinski definition) is 3. The Morgan fingerprint density at radius 3 is 2.67 bits per heavy atom. The van der Waals surface area contributed by atoms with Gasteiger partial charge in [-0.2, -0.15) is 0 Å². The third-order valence-electron chi connectivity index (χ3n) is 2.67. The van der Waals surface area contributed by atoms with E-state index in [0.717, 1.165) is 5.69 Å². The van der Waals surface area contributed by atoms with Gasteiger partial charge < -0.3 is 14.4 Å². The maximum atomic E-state index is 11.4. The number of aromatic nitrogens is 1. The molecule has 0 bridgehead atoms. The molecule has 1 aromatic heterocycles. The van der Waals surface area contributed by atoms with Crippen LogP contribution in [0, 0.1) is 6.92 Å². The van der Waals surface area contributed by atoms with Gasteiger partial charge in [0.05, 0.1) is 5.69 Å². The van der Waals surface area contributed by atoms with Gasteiger partial charge in [-0.05, 0) is 13.3 Å². The van der Waals surface area contributed by atoms with E-state index in [9.17, 15) is 9.90 Å². The summed E-state index contributed by atoms with van der Waals surface area (Å²) in [6.07, 6.45) is 0.462. The summed E-state index contributed by atoms with van der Waals surface area (Å²) >= 11 is 0. The Balaban J connectivity index is 3.44. The Bertz CT molecular complexity index is 405. The molecule has 0 fully saturated rings. The molecule has 0 saturated heterocycles. The van der Waals surface area contributed by atoms with E-state index < -0.39 is 0 Å². The van der Waals surface area contributed by atoms with Crippen molar-refractivity contribution in [3.05, 3.63) is 27.7 Å². The molecule has 0 radical (unpaired) electrons. The van der Waals surface area contributed by atoms with E-state index in [0.29, 0.717) is 12.1 Å². The molecular weight excluding hydrogens is 194 g/mol.